The van der Waals surface area contributed by atoms with Gasteiger partial charge in [-0.15, -0.1) is 0 Å². The van der Waals surface area contributed by atoms with E-state index in [4.69, 9.17) is 17.0 Å². The van der Waals surface area contributed by atoms with Crippen LogP contribution in [0.2, 0.25) is 0 Å². The molecule has 73 valence electrons. The van der Waals surface area contributed by atoms with E-state index in [0.29, 0.717) is 0 Å². The third-order valence-corrected chi connectivity index (χ3v) is 2.25. The van der Waals surface area contributed by atoms with Gasteiger partial charge in [-0.2, -0.15) is 0 Å². The van der Waals surface area contributed by atoms with Crippen LogP contribution in [0.25, 0.3) is 6.08 Å². The van der Waals surface area contributed by atoms with Crippen LogP contribution in [0.4, 0.5) is 0 Å². The van der Waals surface area contributed by atoms with Gasteiger partial charge in [0.25, 0.3) is 0 Å². The van der Waals surface area contributed by atoms with E-state index >= 15 is 0 Å². The quantitative estimate of drug-likeness (QED) is 0.669. The van der Waals surface area contributed by atoms with Crippen LogP contribution in [0.3, 0.4) is 0 Å². The van der Waals surface area contributed by atoms with Crippen molar-refractivity contribution in [3.63, 3.8) is 0 Å². The van der Waals surface area contributed by atoms with Crippen molar-refractivity contribution >= 4 is 23.1 Å². The van der Waals surface area contributed by atoms with Crippen LogP contribution in [0, 0.1) is 12.8 Å². The number of allylic oxidation sites excluding steroid dienone is 1. The van der Waals surface area contributed by atoms with E-state index in [0.717, 1.165) is 0 Å². The first-order valence-corrected chi connectivity index (χ1v) is 10.6. The fourth-order valence-corrected chi connectivity index (χ4v) is 1.54. The van der Waals surface area contributed by atoms with E-state index in [1.54, 1.807) is 0 Å². The van der Waals surface area contributed by atoms with E-state index in [9.17, 15) is 0 Å². The Balaban J connectivity index is 0.000000293. The first-order valence-electron chi connectivity index (χ1n) is 4.28. The van der Waals surface area contributed by atoms with Crippen molar-refractivity contribution in [1.82, 2.24) is 0 Å². The SMILES string of the molecule is C[C]1C=Cc2c(C)cccc21.[Cl][Zr][Cl]. The average Bonchev–Trinajstić information content (AvgIpc) is 2.51. The Kier molecular flexibility index (Phi) is 5.45. The molecule has 1 radical (unpaired) electrons. The van der Waals surface area contributed by atoms with E-state index in [1.165, 1.54) is 22.6 Å². The van der Waals surface area contributed by atoms with Crippen molar-refractivity contribution in [2.75, 3.05) is 0 Å². The van der Waals surface area contributed by atoms with Crippen molar-refractivity contribution in [2.24, 2.45) is 0 Å². The summed E-state index contributed by atoms with van der Waals surface area (Å²) in [6, 6.07) is 6.45. The molecule has 14 heavy (non-hydrogen) atoms. The van der Waals surface area contributed by atoms with Gasteiger partial charge in [0.05, 0.1) is 0 Å². The molecule has 1 aliphatic rings. The Morgan fingerprint density at radius 2 is 1.71 bits per heavy atom. The fourth-order valence-electron chi connectivity index (χ4n) is 1.54. The van der Waals surface area contributed by atoms with E-state index in [2.05, 4.69) is 44.2 Å². The summed E-state index contributed by atoms with van der Waals surface area (Å²) in [5.41, 5.74) is 4.16. The van der Waals surface area contributed by atoms with Gasteiger partial charge in [-0.25, -0.2) is 0 Å². The minimum absolute atomic E-state index is 0.826. The molecule has 0 nitrogen and oxygen atoms in total. The summed E-state index contributed by atoms with van der Waals surface area (Å²) in [6.45, 7) is 4.31. The summed E-state index contributed by atoms with van der Waals surface area (Å²) in [5, 5.41) is 0. The molecule has 1 aromatic rings. The Labute approximate surface area is 104 Å². The van der Waals surface area contributed by atoms with Gasteiger partial charge in [-0.05, 0) is 23.6 Å². The number of hydrogen-bond donors (Lipinski definition) is 0. The number of hydrogen-bond acceptors (Lipinski definition) is 0. The summed E-state index contributed by atoms with van der Waals surface area (Å²) in [7, 11) is 9.87. The van der Waals surface area contributed by atoms with Gasteiger partial charge in [0.1, 0.15) is 0 Å². The molecule has 0 fully saturated rings. The van der Waals surface area contributed by atoms with Crippen LogP contribution in [0.15, 0.2) is 24.3 Å². The Hall–Kier alpha value is 0.423. The topological polar surface area (TPSA) is 0 Å². The molecule has 0 amide bonds. The summed E-state index contributed by atoms with van der Waals surface area (Å²) in [6.07, 6.45) is 4.37. The third-order valence-electron chi connectivity index (χ3n) is 2.25. The average molecular weight is 305 g/mol. The minimum atomic E-state index is -0.826. The second-order valence-corrected chi connectivity index (χ2v) is 6.86. The number of aryl methyl sites for hydroxylation is 1. The predicted octanol–water partition coefficient (Wildman–Crippen LogP) is 4.34. The van der Waals surface area contributed by atoms with Crippen LogP contribution in [0.5, 0.6) is 0 Å². The van der Waals surface area contributed by atoms with Gasteiger partial charge in [-0.3, -0.25) is 0 Å². The second kappa shape index (κ2) is 6.10. The Morgan fingerprint density at radius 3 is 2.29 bits per heavy atom. The second-order valence-electron chi connectivity index (χ2n) is 3.12. The number of benzene rings is 1. The summed E-state index contributed by atoms with van der Waals surface area (Å²) in [4.78, 5) is 0. The van der Waals surface area contributed by atoms with Gasteiger partial charge in [0.2, 0.25) is 0 Å². The number of halogens is 2. The zero-order valence-corrected chi connectivity index (χ0v) is 12.1. The number of rotatable bonds is 0. The molecule has 0 saturated heterocycles. The molecule has 0 saturated carbocycles. The van der Waals surface area contributed by atoms with E-state index in [-0.39, 0.29) is 0 Å². The summed E-state index contributed by atoms with van der Waals surface area (Å²) >= 11 is -0.826. The Morgan fingerprint density at radius 1 is 1.07 bits per heavy atom. The molecule has 1 aliphatic carbocycles. The molecule has 0 spiro atoms. The van der Waals surface area contributed by atoms with Gasteiger partial charge in [0.15, 0.2) is 0 Å². The van der Waals surface area contributed by atoms with Gasteiger partial charge in [-0.1, -0.05) is 37.3 Å². The molecule has 0 heterocycles. The van der Waals surface area contributed by atoms with Crippen molar-refractivity contribution in [2.45, 2.75) is 13.8 Å². The van der Waals surface area contributed by atoms with Crippen LogP contribution in [-0.4, -0.2) is 0 Å². The van der Waals surface area contributed by atoms with Crippen molar-refractivity contribution in [3.8, 4) is 0 Å². The molecule has 3 heteroatoms. The normalized spacial score (nSPS) is 13.1. The maximum absolute atomic E-state index is 4.93. The fraction of sp³-hybridized carbons (Fsp3) is 0.182. The zero-order valence-electron chi connectivity index (χ0n) is 8.14. The molecule has 2 rings (SSSR count). The summed E-state index contributed by atoms with van der Waals surface area (Å²) in [5.74, 6) is 1.38. The monoisotopic (exact) mass is 303 g/mol. The predicted molar refractivity (Wildman–Crippen MR) is 59.9 cm³/mol. The Bertz CT molecular complexity index is 334. The zero-order chi connectivity index (χ0) is 10.6. The van der Waals surface area contributed by atoms with Crippen LogP contribution < -0.4 is 0 Å². The van der Waals surface area contributed by atoms with Crippen molar-refractivity contribution in [3.05, 3.63) is 46.9 Å². The van der Waals surface area contributed by atoms with Crippen molar-refractivity contribution < 1.29 is 20.8 Å². The maximum atomic E-state index is 4.93. The first-order chi connectivity index (χ1) is 6.70. The number of fused-ring (bicyclic) bond motifs is 1. The molecule has 0 bridgehead atoms. The van der Waals surface area contributed by atoms with E-state index in [1.807, 2.05) is 0 Å². The molecule has 0 aromatic heterocycles. The third kappa shape index (κ3) is 2.95. The van der Waals surface area contributed by atoms with Gasteiger partial charge < -0.3 is 0 Å². The van der Waals surface area contributed by atoms with Crippen LogP contribution >= 0.6 is 17.0 Å². The first kappa shape index (κ1) is 12.5. The molecule has 0 aliphatic heterocycles. The van der Waals surface area contributed by atoms with Crippen molar-refractivity contribution in [1.29, 1.82) is 0 Å². The molecular formula is C11H11Cl2Zr. The van der Waals surface area contributed by atoms with Crippen LogP contribution in [0.1, 0.15) is 23.6 Å². The standard InChI is InChI=1S/C11H11.2ClH.Zr/c1-8-4-3-5-10-9(2)6-7-11(8)10;;;/h3-7H,1-2H3;2*1H;/q;;;+2/p-2. The molecular weight excluding hydrogens is 294 g/mol. The van der Waals surface area contributed by atoms with Crippen LogP contribution in [-0.2, 0) is 20.8 Å². The van der Waals surface area contributed by atoms with Gasteiger partial charge in [0, 0.05) is 5.92 Å². The van der Waals surface area contributed by atoms with Gasteiger partial charge >= 0.3 is 37.9 Å². The van der Waals surface area contributed by atoms with E-state index < -0.39 is 20.8 Å². The molecule has 0 unspecified atom stereocenters. The molecule has 0 N–H and O–H groups in total. The summed E-state index contributed by atoms with van der Waals surface area (Å²) < 4.78 is 0. The molecule has 0 atom stereocenters. The molecule has 1 aromatic carbocycles.